The first-order chi connectivity index (χ1) is 15.9. The van der Waals surface area contributed by atoms with Crippen LogP contribution in [0.2, 0.25) is 0 Å². The highest BCUT2D eigenvalue weighted by atomic mass is 14.8. The zero-order chi connectivity index (χ0) is 23.0. The van der Waals surface area contributed by atoms with Gasteiger partial charge < -0.3 is 0 Å². The van der Waals surface area contributed by atoms with Crippen LogP contribution in [0.25, 0.3) is 0 Å². The lowest BCUT2D eigenvalue weighted by molar-refractivity contribution is -0.294. The van der Waals surface area contributed by atoms with Gasteiger partial charge in [0.15, 0.2) is 0 Å². The summed E-state index contributed by atoms with van der Waals surface area (Å²) in [6.45, 7) is 11.0. The average molecular weight is 461 g/mol. The van der Waals surface area contributed by atoms with Crippen LogP contribution in [0.3, 0.4) is 0 Å². The van der Waals surface area contributed by atoms with Crippen molar-refractivity contribution in [3.8, 4) is 0 Å². The molecule has 188 valence electrons. The molecule has 4 unspecified atom stereocenters. The molecule has 0 N–H and O–H groups in total. The lowest BCUT2D eigenvalue weighted by Gasteiger charge is -2.79. The summed E-state index contributed by atoms with van der Waals surface area (Å²) in [5.41, 5.74) is 5.69. The molecule has 4 atom stereocenters. The number of hydrogen-bond acceptors (Lipinski definition) is 0. The highest BCUT2D eigenvalue weighted by molar-refractivity contribution is 5.25. The van der Waals surface area contributed by atoms with Gasteiger partial charge in [0, 0.05) is 0 Å². The minimum Gasteiger partial charge on any atom is -0.0596 e. The van der Waals surface area contributed by atoms with Gasteiger partial charge in [0.25, 0.3) is 0 Å². The van der Waals surface area contributed by atoms with Crippen LogP contribution in [-0.4, -0.2) is 0 Å². The second-order valence-corrected chi connectivity index (χ2v) is 19.3. The first kappa shape index (κ1) is 21.0. The van der Waals surface area contributed by atoms with Crippen LogP contribution in [0.15, 0.2) is 0 Å². The fourth-order valence-corrected chi connectivity index (χ4v) is 17.6. The van der Waals surface area contributed by atoms with Crippen molar-refractivity contribution in [2.75, 3.05) is 0 Å². The Labute approximate surface area is 210 Å². The van der Waals surface area contributed by atoms with E-state index in [4.69, 9.17) is 0 Å². The molecule has 0 spiro atoms. The molecule has 34 heavy (non-hydrogen) atoms. The second kappa shape index (κ2) is 5.55. The third-order valence-corrected chi connectivity index (χ3v) is 15.6. The van der Waals surface area contributed by atoms with Gasteiger partial charge in [-0.3, -0.25) is 0 Å². The summed E-state index contributed by atoms with van der Waals surface area (Å²) in [6, 6.07) is 0. The summed E-state index contributed by atoms with van der Waals surface area (Å²) in [6.07, 6.45) is 29.3. The quantitative estimate of drug-likeness (QED) is 0.385. The molecule has 12 fully saturated rings. The van der Waals surface area contributed by atoms with Crippen LogP contribution in [0.5, 0.6) is 0 Å². The normalized spacial score (nSPS) is 70.9. The predicted molar refractivity (Wildman–Crippen MR) is 139 cm³/mol. The number of rotatable bonds is 2. The Morgan fingerprint density at radius 3 is 0.971 bits per heavy atom. The van der Waals surface area contributed by atoms with Gasteiger partial charge in [0.2, 0.25) is 0 Å². The summed E-state index contributed by atoms with van der Waals surface area (Å²) in [4.78, 5) is 0. The molecule has 0 radical (unpaired) electrons. The van der Waals surface area contributed by atoms with Crippen molar-refractivity contribution < 1.29 is 0 Å². The summed E-state index contributed by atoms with van der Waals surface area (Å²) < 4.78 is 0. The average Bonchev–Trinajstić information content (AvgIpc) is 2.61. The molecule has 12 rings (SSSR count). The molecule has 0 amide bonds. The molecule has 0 aliphatic heterocycles. The molecule has 12 aliphatic rings. The van der Waals surface area contributed by atoms with Crippen molar-refractivity contribution in [1.29, 1.82) is 0 Å². The molecular formula is C34H52. The third-order valence-electron chi connectivity index (χ3n) is 15.6. The van der Waals surface area contributed by atoms with E-state index < -0.39 is 0 Å². The minimum absolute atomic E-state index is 0.687. The van der Waals surface area contributed by atoms with E-state index in [2.05, 4.69) is 27.7 Å². The van der Waals surface area contributed by atoms with Gasteiger partial charge in [-0.05, 0) is 183 Å². The molecule has 0 heterocycles. The highest BCUT2D eigenvalue weighted by Gasteiger charge is 2.75. The molecule has 0 saturated heterocycles. The fourth-order valence-electron chi connectivity index (χ4n) is 17.6. The van der Waals surface area contributed by atoms with Gasteiger partial charge in [-0.15, -0.1) is 0 Å². The Hall–Kier alpha value is 0. The topological polar surface area (TPSA) is 0 Å². The monoisotopic (exact) mass is 460 g/mol. The standard InChI is InChI=1S/C34H52/c1-27-6-25-7-28(2,16-27)19-33(14-25,18-27)31-10-23-5-24(11-31)13-32(12-23,22-31)34-15-26-8-29(3,20-34)17-30(4,9-26)21-34/h23-26H,5-22H2,1-4H3. The van der Waals surface area contributed by atoms with E-state index in [1.165, 1.54) is 0 Å². The first-order valence-electron chi connectivity index (χ1n) is 15.9. The molecule has 0 aromatic carbocycles. The summed E-state index contributed by atoms with van der Waals surface area (Å²) in [5, 5.41) is 0. The summed E-state index contributed by atoms with van der Waals surface area (Å²) in [5.74, 6) is 4.35. The van der Waals surface area contributed by atoms with Gasteiger partial charge in [-0.25, -0.2) is 0 Å². The van der Waals surface area contributed by atoms with Crippen molar-refractivity contribution in [3.05, 3.63) is 0 Å². The molecule has 0 heteroatoms. The Balaban J connectivity index is 1.17. The molecule has 0 nitrogen and oxygen atoms in total. The van der Waals surface area contributed by atoms with Crippen LogP contribution < -0.4 is 0 Å². The van der Waals surface area contributed by atoms with Crippen LogP contribution in [0.4, 0.5) is 0 Å². The van der Waals surface area contributed by atoms with Crippen LogP contribution in [-0.2, 0) is 0 Å². The van der Waals surface area contributed by atoms with E-state index in [-0.39, 0.29) is 0 Å². The van der Waals surface area contributed by atoms with Gasteiger partial charge >= 0.3 is 0 Å². The maximum absolute atomic E-state index is 2.75. The van der Waals surface area contributed by atoms with Gasteiger partial charge in [-0.2, -0.15) is 0 Å². The van der Waals surface area contributed by atoms with E-state index in [0.717, 1.165) is 45.3 Å². The van der Waals surface area contributed by atoms with Crippen LogP contribution >= 0.6 is 0 Å². The summed E-state index contributed by atoms with van der Waals surface area (Å²) in [7, 11) is 0. The number of hydrogen-bond donors (Lipinski definition) is 0. The van der Waals surface area contributed by atoms with Crippen molar-refractivity contribution in [2.24, 2.45) is 67.0 Å². The molecule has 0 aromatic rings. The van der Waals surface area contributed by atoms with Crippen LogP contribution in [0, 0.1) is 67.0 Å². The summed E-state index contributed by atoms with van der Waals surface area (Å²) >= 11 is 0. The molecule has 0 aromatic heterocycles. The van der Waals surface area contributed by atoms with E-state index in [0.29, 0.717) is 21.7 Å². The lowest BCUT2D eigenvalue weighted by atomic mass is 9.25. The Bertz CT molecular complexity index is 845. The van der Waals surface area contributed by atoms with Gasteiger partial charge in [-0.1, -0.05) is 27.7 Å². The highest BCUT2D eigenvalue weighted by Crippen LogP contribution is 2.85. The van der Waals surface area contributed by atoms with Crippen molar-refractivity contribution in [2.45, 2.75) is 143 Å². The van der Waals surface area contributed by atoms with E-state index >= 15 is 0 Å². The van der Waals surface area contributed by atoms with Crippen molar-refractivity contribution >= 4 is 0 Å². The lowest BCUT2D eigenvalue weighted by Crippen LogP contribution is -2.70. The molecule has 12 bridgehead atoms. The third kappa shape index (κ3) is 2.37. The van der Waals surface area contributed by atoms with Gasteiger partial charge in [0.05, 0.1) is 0 Å². The van der Waals surface area contributed by atoms with E-state index in [1.807, 2.05) is 0 Å². The molecular weight excluding hydrogens is 408 g/mol. The second-order valence-electron chi connectivity index (χ2n) is 19.3. The maximum Gasteiger partial charge on any atom is -0.0228 e. The van der Waals surface area contributed by atoms with Crippen LogP contribution in [0.1, 0.15) is 143 Å². The fraction of sp³-hybridized carbons (Fsp3) is 1.00. The molecule has 12 saturated carbocycles. The van der Waals surface area contributed by atoms with Gasteiger partial charge in [0.1, 0.15) is 0 Å². The smallest absolute Gasteiger partial charge is 0.0228 e. The predicted octanol–water partition coefficient (Wildman–Crippen LogP) is 9.57. The van der Waals surface area contributed by atoms with Crippen molar-refractivity contribution in [3.63, 3.8) is 0 Å². The van der Waals surface area contributed by atoms with E-state index in [1.54, 1.807) is 116 Å². The largest absolute Gasteiger partial charge is 0.0596 e. The Morgan fingerprint density at radius 1 is 0.324 bits per heavy atom. The molecule has 12 aliphatic carbocycles. The van der Waals surface area contributed by atoms with Crippen molar-refractivity contribution in [1.82, 2.24) is 0 Å². The first-order valence-corrected chi connectivity index (χ1v) is 15.9. The van der Waals surface area contributed by atoms with E-state index in [9.17, 15) is 0 Å². The zero-order valence-electron chi connectivity index (χ0n) is 23.0. The Morgan fingerprint density at radius 2 is 0.647 bits per heavy atom. The maximum atomic E-state index is 2.75. The minimum atomic E-state index is 0.687. The Kier molecular flexibility index (Phi) is 3.43. The SMILES string of the molecule is CC12CC3CC(C)(C1)CC(C14CC5CC(C1)CC(C16CC7CC(C)(CC(C)(C7)C1)C6)(C5)C4)(C3)C2. The zero-order valence-corrected chi connectivity index (χ0v) is 23.0.